The molecule has 0 aliphatic rings. The number of hydrogen-bond donors (Lipinski definition) is 2. The predicted octanol–water partition coefficient (Wildman–Crippen LogP) is -0.0139. The molecule has 0 radical (unpaired) electrons. The molecule has 68 valence electrons. The molecule has 4 nitrogen and oxygen atoms in total. The molecular weight excluding hydrogens is 144 g/mol. The lowest BCUT2D eigenvalue weighted by Crippen LogP contribution is -2.20. The van der Waals surface area contributed by atoms with Gasteiger partial charge in [0.15, 0.2) is 0 Å². The van der Waals surface area contributed by atoms with Gasteiger partial charge < -0.3 is 15.7 Å². The SMILES string of the molecule is CC(C)N(C)C.NCC(=O)O. The molecule has 0 atom stereocenters. The second-order valence-corrected chi connectivity index (χ2v) is 2.66. The zero-order chi connectivity index (χ0) is 9.44. The minimum Gasteiger partial charge on any atom is -0.480 e. The normalized spacial score (nSPS) is 9.36. The summed E-state index contributed by atoms with van der Waals surface area (Å²) in [4.78, 5) is 11.4. The second kappa shape index (κ2) is 7.50. The van der Waals surface area contributed by atoms with Gasteiger partial charge in [-0.25, -0.2) is 0 Å². The van der Waals surface area contributed by atoms with Crippen LogP contribution >= 0.6 is 0 Å². The third-order valence-corrected chi connectivity index (χ3v) is 1.21. The van der Waals surface area contributed by atoms with E-state index in [-0.39, 0.29) is 6.54 Å². The summed E-state index contributed by atoms with van der Waals surface area (Å²) in [6, 6.07) is 0.685. The largest absolute Gasteiger partial charge is 0.480 e. The summed E-state index contributed by atoms with van der Waals surface area (Å²) in [5.74, 6) is -0.968. The molecular formula is C7H18N2O2. The molecule has 0 aliphatic heterocycles. The van der Waals surface area contributed by atoms with Crippen molar-refractivity contribution in [2.24, 2.45) is 5.73 Å². The zero-order valence-electron chi connectivity index (χ0n) is 7.66. The number of hydrogen-bond acceptors (Lipinski definition) is 3. The fourth-order valence-corrected chi connectivity index (χ4v) is 0. The van der Waals surface area contributed by atoms with Crippen LogP contribution in [-0.4, -0.2) is 42.7 Å². The molecule has 0 aromatic carbocycles. The van der Waals surface area contributed by atoms with E-state index >= 15 is 0 Å². The van der Waals surface area contributed by atoms with Gasteiger partial charge in [0.25, 0.3) is 0 Å². The molecule has 0 aromatic rings. The lowest BCUT2D eigenvalue weighted by atomic mass is 10.4. The number of nitrogens with zero attached hydrogens (tertiary/aromatic N) is 1. The third kappa shape index (κ3) is 17.7. The van der Waals surface area contributed by atoms with Gasteiger partial charge in [-0.05, 0) is 27.9 Å². The van der Waals surface area contributed by atoms with Crippen molar-refractivity contribution in [3.8, 4) is 0 Å². The van der Waals surface area contributed by atoms with Gasteiger partial charge in [0.05, 0.1) is 6.54 Å². The lowest BCUT2D eigenvalue weighted by Gasteiger charge is -2.12. The van der Waals surface area contributed by atoms with Crippen LogP contribution in [0, 0.1) is 0 Å². The summed E-state index contributed by atoms with van der Waals surface area (Å²) in [6.07, 6.45) is 0. The zero-order valence-corrected chi connectivity index (χ0v) is 7.66. The first-order chi connectivity index (χ1) is 4.91. The average Bonchev–Trinajstić information content (AvgIpc) is 1.89. The highest BCUT2D eigenvalue weighted by atomic mass is 16.4. The Morgan fingerprint density at radius 3 is 1.73 bits per heavy atom. The number of aliphatic carboxylic acids is 1. The first-order valence-electron chi connectivity index (χ1n) is 3.50. The van der Waals surface area contributed by atoms with Crippen molar-refractivity contribution in [2.45, 2.75) is 19.9 Å². The number of carboxylic acids is 1. The fourth-order valence-electron chi connectivity index (χ4n) is 0. The van der Waals surface area contributed by atoms with E-state index in [1.54, 1.807) is 0 Å². The van der Waals surface area contributed by atoms with E-state index in [2.05, 4.69) is 38.6 Å². The van der Waals surface area contributed by atoms with Crippen LogP contribution in [0.4, 0.5) is 0 Å². The summed E-state index contributed by atoms with van der Waals surface area (Å²) in [5.41, 5.74) is 4.57. The molecule has 4 heteroatoms. The molecule has 0 rings (SSSR count). The Bertz CT molecular complexity index is 96.6. The fraction of sp³-hybridized carbons (Fsp3) is 0.857. The number of carbonyl (C=O) groups is 1. The topological polar surface area (TPSA) is 66.6 Å². The molecule has 3 N–H and O–H groups in total. The molecule has 0 unspecified atom stereocenters. The van der Waals surface area contributed by atoms with Crippen LogP contribution in [0.2, 0.25) is 0 Å². The average molecular weight is 162 g/mol. The van der Waals surface area contributed by atoms with Gasteiger partial charge in [0, 0.05) is 6.04 Å². The summed E-state index contributed by atoms with van der Waals surface area (Å²) in [7, 11) is 4.15. The van der Waals surface area contributed by atoms with Crippen LogP contribution in [0.3, 0.4) is 0 Å². The maximum atomic E-state index is 9.24. The highest BCUT2D eigenvalue weighted by molar-refractivity contribution is 5.68. The Hall–Kier alpha value is -0.610. The van der Waals surface area contributed by atoms with Crippen LogP contribution in [0.1, 0.15) is 13.8 Å². The smallest absolute Gasteiger partial charge is 0.317 e. The summed E-state index contributed by atoms with van der Waals surface area (Å²) in [6.45, 7) is 4.06. The van der Waals surface area contributed by atoms with Gasteiger partial charge in [-0.2, -0.15) is 0 Å². The lowest BCUT2D eigenvalue weighted by molar-refractivity contribution is -0.135. The van der Waals surface area contributed by atoms with E-state index < -0.39 is 5.97 Å². The number of nitrogens with two attached hydrogens (primary N) is 1. The van der Waals surface area contributed by atoms with Crippen LogP contribution in [0.25, 0.3) is 0 Å². The van der Waals surface area contributed by atoms with Crippen molar-refractivity contribution in [3.05, 3.63) is 0 Å². The van der Waals surface area contributed by atoms with Gasteiger partial charge in [-0.15, -0.1) is 0 Å². The van der Waals surface area contributed by atoms with Gasteiger partial charge in [0.1, 0.15) is 0 Å². The van der Waals surface area contributed by atoms with E-state index in [1.165, 1.54) is 0 Å². The molecule has 0 saturated carbocycles. The molecule has 0 bridgehead atoms. The monoisotopic (exact) mass is 162 g/mol. The third-order valence-electron chi connectivity index (χ3n) is 1.21. The minimum atomic E-state index is -0.968. The summed E-state index contributed by atoms with van der Waals surface area (Å²) < 4.78 is 0. The highest BCUT2D eigenvalue weighted by Gasteiger charge is 1.90. The Morgan fingerprint density at radius 2 is 1.73 bits per heavy atom. The predicted molar refractivity (Wildman–Crippen MR) is 45.5 cm³/mol. The van der Waals surface area contributed by atoms with Crippen molar-refractivity contribution in [1.82, 2.24) is 4.90 Å². The second-order valence-electron chi connectivity index (χ2n) is 2.66. The Kier molecular flexibility index (Phi) is 8.87. The van der Waals surface area contributed by atoms with E-state index in [9.17, 15) is 4.79 Å². The molecule has 0 amide bonds. The quantitative estimate of drug-likeness (QED) is 0.599. The molecule has 0 fully saturated rings. The van der Waals surface area contributed by atoms with E-state index in [0.29, 0.717) is 6.04 Å². The number of carboxylic acid groups (broad SMARTS) is 1. The molecule has 0 saturated heterocycles. The highest BCUT2D eigenvalue weighted by Crippen LogP contribution is 1.84. The Labute approximate surface area is 68.0 Å². The summed E-state index contributed by atoms with van der Waals surface area (Å²) in [5, 5.41) is 7.60. The van der Waals surface area contributed by atoms with Gasteiger partial charge in [0.2, 0.25) is 0 Å². The maximum Gasteiger partial charge on any atom is 0.317 e. The van der Waals surface area contributed by atoms with Crippen LogP contribution in [-0.2, 0) is 4.79 Å². The first-order valence-corrected chi connectivity index (χ1v) is 3.50. The van der Waals surface area contributed by atoms with Crippen molar-refractivity contribution in [1.29, 1.82) is 0 Å². The van der Waals surface area contributed by atoms with Gasteiger partial charge >= 0.3 is 5.97 Å². The molecule has 11 heavy (non-hydrogen) atoms. The Morgan fingerprint density at radius 1 is 1.55 bits per heavy atom. The molecule has 0 aromatic heterocycles. The standard InChI is InChI=1S/C5H13N.C2H5NO2/c1-5(2)6(3)4;3-1-2(4)5/h5H,1-4H3;1,3H2,(H,4,5). The van der Waals surface area contributed by atoms with E-state index in [0.717, 1.165) is 0 Å². The summed E-state index contributed by atoms with van der Waals surface area (Å²) >= 11 is 0. The minimum absolute atomic E-state index is 0.278. The van der Waals surface area contributed by atoms with Crippen molar-refractivity contribution >= 4 is 5.97 Å². The van der Waals surface area contributed by atoms with Crippen molar-refractivity contribution in [2.75, 3.05) is 20.6 Å². The van der Waals surface area contributed by atoms with Crippen LogP contribution < -0.4 is 5.73 Å². The molecule has 0 heterocycles. The van der Waals surface area contributed by atoms with E-state index in [1.807, 2.05) is 0 Å². The van der Waals surface area contributed by atoms with Crippen molar-refractivity contribution in [3.63, 3.8) is 0 Å². The molecule has 0 aliphatic carbocycles. The number of rotatable bonds is 2. The van der Waals surface area contributed by atoms with Crippen LogP contribution in [0.5, 0.6) is 0 Å². The van der Waals surface area contributed by atoms with Crippen LogP contribution in [0.15, 0.2) is 0 Å². The van der Waals surface area contributed by atoms with Gasteiger partial charge in [-0.3, -0.25) is 4.79 Å². The van der Waals surface area contributed by atoms with E-state index in [4.69, 9.17) is 5.11 Å². The first kappa shape index (κ1) is 13.0. The van der Waals surface area contributed by atoms with Crippen molar-refractivity contribution < 1.29 is 9.90 Å². The molecule has 0 spiro atoms. The Balaban J connectivity index is 0. The van der Waals surface area contributed by atoms with Gasteiger partial charge in [-0.1, -0.05) is 0 Å². The maximum absolute atomic E-state index is 9.24.